The van der Waals surface area contributed by atoms with Crippen LogP contribution in [0.25, 0.3) is 22.2 Å². The highest BCUT2D eigenvalue weighted by molar-refractivity contribution is 5.93. The molecule has 1 aliphatic heterocycles. The third-order valence-electron chi connectivity index (χ3n) is 5.21. The van der Waals surface area contributed by atoms with Crippen molar-refractivity contribution in [2.24, 2.45) is 0 Å². The highest BCUT2D eigenvalue weighted by atomic mass is 16.5. The number of H-pyrrole nitrogens is 1. The minimum atomic E-state index is 0.548. The van der Waals surface area contributed by atoms with E-state index in [0.29, 0.717) is 11.8 Å². The van der Waals surface area contributed by atoms with Crippen LogP contribution in [0, 0.1) is 0 Å². The molecular formula is C21H26N4O2. The zero-order valence-electron chi connectivity index (χ0n) is 16.1. The van der Waals surface area contributed by atoms with Gasteiger partial charge in [-0.1, -0.05) is 6.92 Å². The molecule has 6 nitrogen and oxygen atoms in total. The molecule has 0 atom stereocenters. The molecule has 0 radical (unpaired) electrons. The molecule has 27 heavy (non-hydrogen) atoms. The predicted octanol–water partition coefficient (Wildman–Crippen LogP) is 3.22. The fraction of sp³-hybridized carbons (Fsp3) is 0.381. The lowest BCUT2D eigenvalue weighted by Gasteiger charge is -2.29. The molecular weight excluding hydrogens is 340 g/mol. The van der Waals surface area contributed by atoms with Crippen molar-refractivity contribution in [1.29, 1.82) is 0 Å². The van der Waals surface area contributed by atoms with Crippen molar-refractivity contribution < 1.29 is 9.47 Å². The van der Waals surface area contributed by atoms with Gasteiger partial charge >= 0.3 is 0 Å². The van der Waals surface area contributed by atoms with Gasteiger partial charge in [0.2, 0.25) is 11.8 Å². The van der Waals surface area contributed by atoms with Crippen molar-refractivity contribution in [3.63, 3.8) is 0 Å². The molecule has 3 heterocycles. The molecule has 0 unspecified atom stereocenters. The standard InChI is InChI=1S/C21H26N4O2/c1-4-16-17-13-15(25-9-7-22-8-10-25)5-6-18(17)23-21(16)14-11-19(26-2)24-20(12-14)27-3/h5-6,11-13,22-23H,4,7-10H2,1-3H3. The van der Waals surface area contributed by atoms with E-state index < -0.39 is 0 Å². The second kappa shape index (κ2) is 7.48. The topological polar surface area (TPSA) is 62.4 Å². The summed E-state index contributed by atoms with van der Waals surface area (Å²) >= 11 is 0. The summed E-state index contributed by atoms with van der Waals surface area (Å²) in [5, 5.41) is 4.69. The maximum Gasteiger partial charge on any atom is 0.216 e. The summed E-state index contributed by atoms with van der Waals surface area (Å²) in [5.41, 5.74) is 5.86. The monoisotopic (exact) mass is 366 g/mol. The van der Waals surface area contributed by atoms with Gasteiger partial charge in [-0.2, -0.15) is 4.98 Å². The lowest BCUT2D eigenvalue weighted by Crippen LogP contribution is -2.43. The number of anilines is 1. The molecule has 0 bridgehead atoms. The Balaban J connectivity index is 1.82. The van der Waals surface area contributed by atoms with E-state index in [-0.39, 0.29) is 0 Å². The third-order valence-corrected chi connectivity index (χ3v) is 5.21. The largest absolute Gasteiger partial charge is 0.481 e. The van der Waals surface area contributed by atoms with Gasteiger partial charge < -0.3 is 24.7 Å². The van der Waals surface area contributed by atoms with Crippen LogP contribution in [0.15, 0.2) is 30.3 Å². The number of benzene rings is 1. The number of aromatic amines is 1. The Labute approximate surface area is 159 Å². The maximum atomic E-state index is 5.35. The lowest BCUT2D eigenvalue weighted by atomic mass is 10.0. The lowest BCUT2D eigenvalue weighted by molar-refractivity contribution is 0.365. The molecule has 1 fully saturated rings. The van der Waals surface area contributed by atoms with Crippen LogP contribution >= 0.6 is 0 Å². The number of aryl methyl sites for hydroxylation is 1. The average Bonchev–Trinajstić information content (AvgIpc) is 3.11. The number of aromatic nitrogens is 2. The zero-order valence-corrected chi connectivity index (χ0v) is 16.1. The molecule has 0 spiro atoms. The molecule has 0 amide bonds. The number of rotatable bonds is 5. The van der Waals surface area contributed by atoms with Crippen molar-refractivity contribution in [3.05, 3.63) is 35.9 Å². The highest BCUT2D eigenvalue weighted by Gasteiger charge is 2.17. The summed E-state index contributed by atoms with van der Waals surface area (Å²) < 4.78 is 10.7. The van der Waals surface area contributed by atoms with Crippen LogP contribution in [0.3, 0.4) is 0 Å². The van der Waals surface area contributed by atoms with E-state index in [0.717, 1.165) is 49.4 Å². The van der Waals surface area contributed by atoms with Crippen molar-refractivity contribution in [2.45, 2.75) is 13.3 Å². The van der Waals surface area contributed by atoms with Crippen LogP contribution in [0.1, 0.15) is 12.5 Å². The van der Waals surface area contributed by atoms with Gasteiger partial charge in [-0.05, 0) is 30.2 Å². The average molecular weight is 366 g/mol. The Morgan fingerprint density at radius 1 is 1.04 bits per heavy atom. The van der Waals surface area contributed by atoms with E-state index in [1.54, 1.807) is 14.2 Å². The first-order valence-corrected chi connectivity index (χ1v) is 9.44. The normalized spacial score (nSPS) is 14.6. The third kappa shape index (κ3) is 3.32. The summed E-state index contributed by atoms with van der Waals surface area (Å²) in [4.78, 5) is 10.3. The van der Waals surface area contributed by atoms with Crippen LogP contribution in [0.5, 0.6) is 11.8 Å². The van der Waals surface area contributed by atoms with Gasteiger partial charge in [-0.25, -0.2) is 0 Å². The minimum absolute atomic E-state index is 0.548. The first kappa shape index (κ1) is 17.7. The van der Waals surface area contributed by atoms with E-state index in [4.69, 9.17) is 9.47 Å². The van der Waals surface area contributed by atoms with Gasteiger partial charge in [0.05, 0.1) is 19.9 Å². The minimum Gasteiger partial charge on any atom is -0.481 e. The molecule has 142 valence electrons. The number of pyridine rings is 1. The zero-order chi connectivity index (χ0) is 18.8. The van der Waals surface area contributed by atoms with Gasteiger partial charge in [0.25, 0.3) is 0 Å². The van der Waals surface area contributed by atoms with E-state index in [9.17, 15) is 0 Å². The summed E-state index contributed by atoms with van der Waals surface area (Å²) in [6.07, 6.45) is 0.938. The molecule has 1 aliphatic rings. The Bertz CT molecular complexity index is 922. The second-order valence-corrected chi connectivity index (χ2v) is 6.74. The van der Waals surface area contributed by atoms with Gasteiger partial charge in [0.15, 0.2) is 0 Å². The van der Waals surface area contributed by atoms with Crippen molar-refractivity contribution in [2.75, 3.05) is 45.3 Å². The Morgan fingerprint density at radius 3 is 2.37 bits per heavy atom. The summed E-state index contributed by atoms with van der Waals surface area (Å²) in [7, 11) is 3.24. The molecule has 4 rings (SSSR count). The molecule has 0 saturated carbocycles. The van der Waals surface area contributed by atoms with E-state index >= 15 is 0 Å². The van der Waals surface area contributed by atoms with Crippen LogP contribution in [0.4, 0.5) is 5.69 Å². The number of nitrogens with one attached hydrogen (secondary N) is 2. The van der Waals surface area contributed by atoms with E-state index in [2.05, 4.69) is 45.3 Å². The molecule has 6 heteroatoms. The number of hydrogen-bond donors (Lipinski definition) is 2. The van der Waals surface area contributed by atoms with Gasteiger partial charge in [0.1, 0.15) is 0 Å². The quantitative estimate of drug-likeness (QED) is 0.726. The molecule has 2 aromatic heterocycles. The fourth-order valence-electron chi connectivity index (χ4n) is 3.80. The van der Waals surface area contributed by atoms with E-state index in [1.165, 1.54) is 16.6 Å². The molecule has 1 aromatic carbocycles. The number of ether oxygens (including phenoxy) is 2. The molecule has 3 aromatic rings. The summed E-state index contributed by atoms with van der Waals surface area (Å²) in [6, 6.07) is 10.6. The van der Waals surface area contributed by atoms with Crippen molar-refractivity contribution >= 4 is 16.6 Å². The highest BCUT2D eigenvalue weighted by Crippen LogP contribution is 2.35. The van der Waals surface area contributed by atoms with Gasteiger partial charge in [-0.3, -0.25) is 0 Å². The number of methoxy groups -OCH3 is 2. The Hall–Kier alpha value is -2.73. The summed E-state index contributed by atoms with van der Waals surface area (Å²) in [5.74, 6) is 1.10. The molecule has 2 N–H and O–H groups in total. The Kier molecular flexibility index (Phi) is 4.90. The van der Waals surface area contributed by atoms with Crippen LogP contribution < -0.4 is 19.7 Å². The second-order valence-electron chi connectivity index (χ2n) is 6.74. The van der Waals surface area contributed by atoms with Crippen LogP contribution in [0.2, 0.25) is 0 Å². The van der Waals surface area contributed by atoms with Crippen molar-refractivity contribution in [1.82, 2.24) is 15.3 Å². The predicted molar refractivity (Wildman–Crippen MR) is 109 cm³/mol. The number of hydrogen-bond acceptors (Lipinski definition) is 5. The summed E-state index contributed by atoms with van der Waals surface area (Å²) in [6.45, 7) is 6.35. The smallest absolute Gasteiger partial charge is 0.216 e. The fourth-order valence-corrected chi connectivity index (χ4v) is 3.80. The number of nitrogens with zero attached hydrogens (tertiary/aromatic N) is 2. The van der Waals surface area contributed by atoms with Gasteiger partial charge in [0, 0.05) is 60.5 Å². The number of piperazine rings is 1. The maximum absolute atomic E-state index is 5.35. The van der Waals surface area contributed by atoms with Crippen LogP contribution in [-0.2, 0) is 6.42 Å². The Morgan fingerprint density at radius 2 is 1.74 bits per heavy atom. The number of fused-ring (bicyclic) bond motifs is 1. The molecule has 0 aliphatic carbocycles. The first-order valence-electron chi connectivity index (χ1n) is 9.44. The SMILES string of the molecule is CCc1c(-c2cc(OC)nc(OC)c2)[nH]c2ccc(N3CCNCC3)cc12. The van der Waals surface area contributed by atoms with Gasteiger partial charge in [-0.15, -0.1) is 0 Å². The van der Waals surface area contributed by atoms with Crippen molar-refractivity contribution in [3.8, 4) is 23.0 Å². The van der Waals surface area contributed by atoms with E-state index in [1.807, 2.05) is 12.1 Å². The first-order chi connectivity index (χ1) is 13.2. The van der Waals surface area contributed by atoms with Crippen LogP contribution in [-0.4, -0.2) is 50.4 Å². The molecule has 1 saturated heterocycles.